The lowest BCUT2D eigenvalue weighted by Gasteiger charge is -2.31. The lowest BCUT2D eigenvalue weighted by atomic mass is 9.70. The number of fused-ring (bicyclic) bond motifs is 16. The average molecular weight is 1040 g/mol. The Morgan fingerprint density at radius 3 is 1.43 bits per heavy atom. The van der Waals surface area contributed by atoms with E-state index < -0.39 is 5.41 Å². The van der Waals surface area contributed by atoms with Crippen LogP contribution in [0.2, 0.25) is 0 Å². The SMILES string of the molecule is CCCc1ccc2c(c1)C(C)(C)c1cc3c(cc1-2)c1cc(-c2ccc(N(c4ccc(-c5ccccc5)cc4)c4ccc5c(c4)-c4ccccc4C54c5ccccc5-c5ccccc54)cc2)ccc1n3-c1cccc(-c2ccccc2)c1. The first kappa shape index (κ1) is 47.3. The van der Waals surface area contributed by atoms with Crippen molar-refractivity contribution in [2.45, 2.75) is 44.4 Å². The number of hydrogen-bond acceptors (Lipinski definition) is 1. The Kier molecular flexibility index (Phi) is 10.6. The molecule has 1 spiro atoms. The predicted molar refractivity (Wildman–Crippen MR) is 340 cm³/mol. The van der Waals surface area contributed by atoms with Gasteiger partial charge in [-0.05, 0) is 185 Å². The Bertz CT molecular complexity index is 4610. The normalized spacial score (nSPS) is 13.7. The third kappa shape index (κ3) is 7.06. The van der Waals surface area contributed by atoms with Gasteiger partial charge in [0.05, 0.1) is 16.4 Å². The van der Waals surface area contributed by atoms with Crippen LogP contribution < -0.4 is 4.90 Å². The fourth-order valence-electron chi connectivity index (χ4n) is 14.6. The summed E-state index contributed by atoms with van der Waals surface area (Å²) in [6.45, 7) is 7.10. The van der Waals surface area contributed by atoms with Crippen LogP contribution in [0.15, 0.2) is 273 Å². The van der Waals surface area contributed by atoms with Gasteiger partial charge in [-0.1, -0.05) is 227 Å². The first-order valence-corrected chi connectivity index (χ1v) is 28.8. The summed E-state index contributed by atoms with van der Waals surface area (Å²) in [5, 5.41) is 2.51. The Morgan fingerprint density at radius 1 is 0.321 bits per heavy atom. The van der Waals surface area contributed by atoms with Gasteiger partial charge in [0, 0.05) is 38.9 Å². The van der Waals surface area contributed by atoms with E-state index in [4.69, 9.17) is 0 Å². The maximum Gasteiger partial charge on any atom is 0.0725 e. The molecule has 0 unspecified atom stereocenters. The van der Waals surface area contributed by atoms with Gasteiger partial charge in [-0.2, -0.15) is 0 Å². The minimum atomic E-state index is -0.402. The van der Waals surface area contributed by atoms with E-state index in [0.29, 0.717) is 0 Å². The molecule has 3 aliphatic carbocycles. The van der Waals surface area contributed by atoms with Crippen molar-refractivity contribution in [1.82, 2.24) is 4.57 Å². The highest BCUT2D eigenvalue weighted by atomic mass is 15.1. The second kappa shape index (κ2) is 18.1. The van der Waals surface area contributed by atoms with E-state index in [1.54, 1.807) is 0 Å². The van der Waals surface area contributed by atoms with E-state index in [9.17, 15) is 0 Å². The van der Waals surface area contributed by atoms with E-state index in [0.717, 1.165) is 35.6 Å². The van der Waals surface area contributed by atoms with Gasteiger partial charge in [-0.15, -0.1) is 0 Å². The van der Waals surface area contributed by atoms with Crippen molar-refractivity contribution in [2.24, 2.45) is 0 Å². The lowest BCUT2D eigenvalue weighted by Crippen LogP contribution is -2.25. The summed E-state index contributed by atoms with van der Waals surface area (Å²) < 4.78 is 2.51. The molecule has 0 fully saturated rings. The zero-order chi connectivity index (χ0) is 54.0. The van der Waals surface area contributed by atoms with Gasteiger partial charge < -0.3 is 9.47 Å². The summed E-state index contributed by atoms with van der Waals surface area (Å²) in [5.41, 5.74) is 31.1. The molecule has 0 N–H and O–H groups in total. The predicted octanol–water partition coefficient (Wildman–Crippen LogP) is 20.9. The van der Waals surface area contributed by atoms with Gasteiger partial charge in [-0.25, -0.2) is 0 Å². The van der Waals surface area contributed by atoms with Gasteiger partial charge in [0.1, 0.15) is 0 Å². The van der Waals surface area contributed by atoms with E-state index in [1.165, 1.54) is 128 Å². The van der Waals surface area contributed by atoms with Crippen LogP contribution >= 0.6 is 0 Å². The molecule has 0 aliphatic heterocycles. The average Bonchev–Trinajstić information content (AvgIpc) is 2.45. The van der Waals surface area contributed by atoms with Gasteiger partial charge in [-0.3, -0.25) is 0 Å². The molecule has 0 amide bonds. The van der Waals surface area contributed by atoms with Crippen LogP contribution in [-0.2, 0) is 17.3 Å². The van der Waals surface area contributed by atoms with Crippen molar-refractivity contribution in [2.75, 3.05) is 4.90 Å². The Hall–Kier alpha value is -9.76. The Labute approximate surface area is 474 Å². The van der Waals surface area contributed by atoms with Gasteiger partial charge in [0.25, 0.3) is 0 Å². The summed E-state index contributed by atoms with van der Waals surface area (Å²) >= 11 is 0. The molecule has 0 saturated heterocycles. The van der Waals surface area contributed by atoms with Crippen LogP contribution in [0.25, 0.3) is 94.3 Å². The fourth-order valence-corrected chi connectivity index (χ4v) is 14.6. The second-order valence-electron chi connectivity index (χ2n) is 23.1. The lowest BCUT2D eigenvalue weighted by molar-refractivity contribution is 0.659. The molecule has 1 heterocycles. The number of rotatable bonds is 9. The Balaban J connectivity index is 0.842. The van der Waals surface area contributed by atoms with Crippen molar-refractivity contribution in [3.8, 4) is 72.4 Å². The van der Waals surface area contributed by atoms with Crippen molar-refractivity contribution >= 4 is 38.9 Å². The molecule has 2 nitrogen and oxygen atoms in total. The summed E-state index contributed by atoms with van der Waals surface area (Å²) in [4.78, 5) is 2.44. The largest absolute Gasteiger partial charge is 0.310 e. The van der Waals surface area contributed by atoms with E-state index in [2.05, 4.69) is 303 Å². The number of aryl methyl sites for hydroxylation is 1. The quantitative estimate of drug-likeness (QED) is 0.140. The third-order valence-corrected chi connectivity index (χ3v) is 18.3. The van der Waals surface area contributed by atoms with E-state index >= 15 is 0 Å². The summed E-state index contributed by atoms with van der Waals surface area (Å²) in [7, 11) is 0. The molecule has 13 aromatic rings. The van der Waals surface area contributed by atoms with Crippen LogP contribution in [0.1, 0.15) is 66.1 Å². The van der Waals surface area contributed by atoms with Crippen LogP contribution in [0, 0.1) is 0 Å². The van der Waals surface area contributed by atoms with Crippen LogP contribution in [0.3, 0.4) is 0 Å². The van der Waals surface area contributed by atoms with Crippen molar-refractivity contribution < 1.29 is 0 Å². The second-order valence-corrected chi connectivity index (χ2v) is 23.1. The molecule has 81 heavy (non-hydrogen) atoms. The smallest absolute Gasteiger partial charge is 0.0725 e. The monoisotopic (exact) mass is 1030 g/mol. The topological polar surface area (TPSA) is 8.17 Å². The van der Waals surface area contributed by atoms with Gasteiger partial charge in [0.2, 0.25) is 0 Å². The van der Waals surface area contributed by atoms with Crippen LogP contribution in [0.4, 0.5) is 17.1 Å². The molecule has 12 aromatic carbocycles. The molecule has 0 radical (unpaired) electrons. The maximum absolute atomic E-state index is 2.51. The minimum absolute atomic E-state index is 0.138. The zero-order valence-electron chi connectivity index (χ0n) is 45.8. The summed E-state index contributed by atoms with van der Waals surface area (Å²) in [6, 6.07) is 103. The fraction of sp³-hybridized carbons (Fsp3) is 0.0886. The van der Waals surface area contributed by atoms with Crippen molar-refractivity contribution in [3.05, 3.63) is 312 Å². The highest BCUT2D eigenvalue weighted by Crippen LogP contribution is 2.63. The number of benzene rings is 12. The molecule has 0 saturated carbocycles. The highest BCUT2D eigenvalue weighted by Gasteiger charge is 2.51. The van der Waals surface area contributed by atoms with Crippen LogP contribution in [-0.4, -0.2) is 4.57 Å². The first-order chi connectivity index (χ1) is 39.9. The van der Waals surface area contributed by atoms with Crippen molar-refractivity contribution in [3.63, 3.8) is 0 Å². The molecule has 384 valence electrons. The minimum Gasteiger partial charge on any atom is -0.310 e. The number of anilines is 3. The molecule has 3 aliphatic rings. The molecule has 0 bridgehead atoms. The Morgan fingerprint density at radius 2 is 0.790 bits per heavy atom. The van der Waals surface area contributed by atoms with E-state index in [1.807, 2.05) is 0 Å². The summed E-state index contributed by atoms with van der Waals surface area (Å²) in [5.74, 6) is 0. The summed E-state index contributed by atoms with van der Waals surface area (Å²) in [6.07, 6.45) is 2.23. The van der Waals surface area contributed by atoms with Crippen molar-refractivity contribution in [1.29, 1.82) is 0 Å². The first-order valence-electron chi connectivity index (χ1n) is 28.8. The number of hydrogen-bond donors (Lipinski definition) is 0. The standard InChI is InChI=1S/C79H58N2/c1-4-18-51-31-42-65-67-49-69-68-47-57(36-44-76(68)81(77(69)50-75(67)78(2,3)74(65)45-51)60-24-17-23-56(46-60)53-21-9-6-10-22-53)55-34-39-59(40-35-55)80(58-37-32-54(33-38-58)52-19-7-5-8-20-52)61-41-43-73-66(48-61)64-27-13-16-30-72(64)79(73)70-28-14-11-25-62(70)63-26-12-15-29-71(63)79/h5-17,19-50H,4,18H2,1-3H3. The molecule has 2 heteroatoms. The number of aromatic nitrogens is 1. The maximum atomic E-state index is 2.51. The molecule has 1 aromatic heterocycles. The van der Waals surface area contributed by atoms with E-state index in [-0.39, 0.29) is 5.41 Å². The molecule has 0 atom stereocenters. The molecule has 16 rings (SSSR count). The highest BCUT2D eigenvalue weighted by molar-refractivity contribution is 6.13. The molecular weight excluding hydrogens is 977 g/mol. The third-order valence-electron chi connectivity index (χ3n) is 18.3. The van der Waals surface area contributed by atoms with Gasteiger partial charge in [0.15, 0.2) is 0 Å². The van der Waals surface area contributed by atoms with Gasteiger partial charge >= 0.3 is 0 Å². The van der Waals surface area contributed by atoms with Crippen LogP contribution in [0.5, 0.6) is 0 Å². The zero-order valence-corrected chi connectivity index (χ0v) is 45.8. The number of nitrogens with zero attached hydrogens (tertiary/aromatic N) is 2. The molecular formula is C79H58N2.